The van der Waals surface area contributed by atoms with E-state index in [9.17, 15) is 4.79 Å². The van der Waals surface area contributed by atoms with Crippen molar-refractivity contribution >= 4 is 11.7 Å². The van der Waals surface area contributed by atoms with Crippen LogP contribution in [0.3, 0.4) is 0 Å². The van der Waals surface area contributed by atoms with Gasteiger partial charge in [-0.15, -0.1) is 0 Å². The molecule has 0 amide bonds. The summed E-state index contributed by atoms with van der Waals surface area (Å²) in [7, 11) is 0. The minimum absolute atomic E-state index is 0.0212. The summed E-state index contributed by atoms with van der Waals surface area (Å²) in [6, 6.07) is 0. The second-order valence-corrected chi connectivity index (χ2v) is 3.08. The van der Waals surface area contributed by atoms with Gasteiger partial charge < -0.3 is 10.8 Å². The SMILES string of the molecule is CCCC(=O)c1nc(N)nc(CCO)n1. The zero-order chi connectivity index (χ0) is 11.3. The number of Topliss-reactive ketones (excluding diaryl/α,β-unsaturated/α-hetero) is 1. The number of hydrogen-bond donors (Lipinski definition) is 2. The molecule has 0 atom stereocenters. The first kappa shape index (κ1) is 11.5. The number of nitrogen functional groups attached to an aromatic ring is 1. The van der Waals surface area contributed by atoms with Gasteiger partial charge in [-0.3, -0.25) is 4.79 Å². The molecule has 82 valence electrons. The van der Waals surface area contributed by atoms with Crippen molar-refractivity contribution in [2.75, 3.05) is 12.3 Å². The Morgan fingerprint density at radius 2 is 2.13 bits per heavy atom. The van der Waals surface area contributed by atoms with Crippen molar-refractivity contribution in [3.63, 3.8) is 0 Å². The Labute approximate surface area is 87.6 Å². The lowest BCUT2D eigenvalue weighted by Gasteiger charge is -2.02. The molecule has 6 nitrogen and oxygen atoms in total. The summed E-state index contributed by atoms with van der Waals surface area (Å²) in [5, 5.41) is 8.72. The first-order valence-electron chi connectivity index (χ1n) is 4.81. The second kappa shape index (κ2) is 5.35. The zero-order valence-electron chi connectivity index (χ0n) is 8.60. The normalized spacial score (nSPS) is 10.3. The van der Waals surface area contributed by atoms with E-state index in [1.54, 1.807) is 0 Å². The molecule has 0 fully saturated rings. The van der Waals surface area contributed by atoms with Gasteiger partial charge in [0.15, 0.2) is 5.78 Å². The van der Waals surface area contributed by atoms with Crippen molar-refractivity contribution in [3.8, 4) is 0 Å². The quantitative estimate of drug-likeness (QED) is 0.662. The van der Waals surface area contributed by atoms with Gasteiger partial charge in [0.1, 0.15) is 5.82 Å². The summed E-state index contributed by atoms with van der Waals surface area (Å²) in [6.07, 6.45) is 1.40. The van der Waals surface area contributed by atoms with Gasteiger partial charge in [0.2, 0.25) is 11.8 Å². The van der Waals surface area contributed by atoms with Crippen LogP contribution in [0.2, 0.25) is 0 Å². The Kier molecular flexibility index (Phi) is 4.11. The van der Waals surface area contributed by atoms with Crippen molar-refractivity contribution in [2.45, 2.75) is 26.2 Å². The molecule has 1 heterocycles. The van der Waals surface area contributed by atoms with Crippen molar-refractivity contribution in [1.82, 2.24) is 15.0 Å². The fourth-order valence-corrected chi connectivity index (χ4v) is 1.11. The molecule has 0 saturated heterocycles. The molecule has 0 radical (unpaired) electrons. The third kappa shape index (κ3) is 3.25. The molecular weight excluding hydrogens is 196 g/mol. The third-order valence-electron chi connectivity index (χ3n) is 1.76. The maximum atomic E-state index is 11.5. The van der Waals surface area contributed by atoms with Gasteiger partial charge in [0, 0.05) is 12.8 Å². The third-order valence-corrected chi connectivity index (χ3v) is 1.76. The molecule has 1 aromatic rings. The highest BCUT2D eigenvalue weighted by molar-refractivity contribution is 5.92. The molecule has 0 aromatic carbocycles. The summed E-state index contributed by atoms with van der Waals surface area (Å²) in [4.78, 5) is 23.0. The highest BCUT2D eigenvalue weighted by Crippen LogP contribution is 2.03. The Bertz CT molecular complexity index is 354. The topological polar surface area (TPSA) is 102 Å². The first-order valence-corrected chi connectivity index (χ1v) is 4.81. The van der Waals surface area contributed by atoms with E-state index in [1.165, 1.54) is 0 Å². The van der Waals surface area contributed by atoms with Gasteiger partial charge in [0.25, 0.3) is 0 Å². The summed E-state index contributed by atoms with van der Waals surface area (Å²) in [5.41, 5.74) is 5.43. The smallest absolute Gasteiger partial charge is 0.223 e. The Hall–Kier alpha value is -1.56. The summed E-state index contributed by atoms with van der Waals surface area (Å²) in [6.45, 7) is 1.82. The number of nitrogens with two attached hydrogens (primary N) is 1. The summed E-state index contributed by atoms with van der Waals surface area (Å²) >= 11 is 0. The van der Waals surface area contributed by atoms with Crippen LogP contribution in [0, 0.1) is 0 Å². The predicted octanol–water partition coefficient (Wildman–Crippen LogP) is -0.0286. The molecule has 0 bridgehead atoms. The molecule has 1 rings (SSSR count). The van der Waals surface area contributed by atoms with E-state index in [4.69, 9.17) is 10.8 Å². The largest absolute Gasteiger partial charge is 0.396 e. The van der Waals surface area contributed by atoms with Gasteiger partial charge >= 0.3 is 0 Å². The van der Waals surface area contributed by atoms with Crippen LogP contribution >= 0.6 is 0 Å². The van der Waals surface area contributed by atoms with E-state index in [0.717, 1.165) is 6.42 Å². The number of aliphatic hydroxyl groups is 1. The molecule has 0 saturated carbocycles. The van der Waals surface area contributed by atoms with Crippen molar-refractivity contribution in [2.24, 2.45) is 0 Å². The maximum Gasteiger partial charge on any atom is 0.223 e. The summed E-state index contributed by atoms with van der Waals surface area (Å²) < 4.78 is 0. The molecule has 0 aliphatic carbocycles. The molecule has 0 aliphatic rings. The van der Waals surface area contributed by atoms with Crippen LogP contribution in [0.15, 0.2) is 0 Å². The second-order valence-electron chi connectivity index (χ2n) is 3.08. The van der Waals surface area contributed by atoms with Gasteiger partial charge in [-0.25, -0.2) is 4.98 Å². The minimum atomic E-state index is -0.147. The number of hydrogen-bond acceptors (Lipinski definition) is 6. The van der Waals surface area contributed by atoms with E-state index >= 15 is 0 Å². The molecule has 0 aliphatic heterocycles. The lowest BCUT2D eigenvalue weighted by molar-refractivity contribution is 0.0971. The number of ketones is 1. The van der Waals surface area contributed by atoms with E-state index in [2.05, 4.69) is 15.0 Å². The number of nitrogens with zero attached hydrogens (tertiary/aromatic N) is 3. The molecule has 6 heteroatoms. The maximum absolute atomic E-state index is 11.5. The van der Waals surface area contributed by atoms with E-state index in [0.29, 0.717) is 12.2 Å². The van der Waals surface area contributed by atoms with E-state index in [-0.39, 0.29) is 30.6 Å². The lowest BCUT2D eigenvalue weighted by Crippen LogP contribution is -2.12. The van der Waals surface area contributed by atoms with E-state index < -0.39 is 0 Å². The van der Waals surface area contributed by atoms with Gasteiger partial charge in [0.05, 0.1) is 6.61 Å². The number of carbonyl (C=O) groups excluding carboxylic acids is 1. The van der Waals surface area contributed by atoms with Crippen LogP contribution in [0.1, 0.15) is 36.2 Å². The van der Waals surface area contributed by atoms with Crippen molar-refractivity contribution < 1.29 is 9.90 Å². The number of rotatable bonds is 5. The van der Waals surface area contributed by atoms with Gasteiger partial charge in [-0.2, -0.15) is 9.97 Å². The zero-order valence-corrected chi connectivity index (χ0v) is 8.60. The predicted molar refractivity (Wildman–Crippen MR) is 54.3 cm³/mol. The number of aliphatic hydroxyl groups excluding tert-OH is 1. The minimum Gasteiger partial charge on any atom is -0.396 e. The van der Waals surface area contributed by atoms with Crippen LogP contribution < -0.4 is 5.73 Å². The van der Waals surface area contributed by atoms with Crippen molar-refractivity contribution in [1.29, 1.82) is 0 Å². The van der Waals surface area contributed by atoms with E-state index in [1.807, 2.05) is 6.92 Å². The van der Waals surface area contributed by atoms with Crippen LogP contribution in [0.4, 0.5) is 5.95 Å². The van der Waals surface area contributed by atoms with Crippen LogP contribution in [-0.2, 0) is 6.42 Å². The lowest BCUT2D eigenvalue weighted by atomic mass is 10.2. The fourth-order valence-electron chi connectivity index (χ4n) is 1.11. The Morgan fingerprint density at radius 3 is 2.73 bits per heavy atom. The number of aromatic nitrogens is 3. The molecule has 0 spiro atoms. The monoisotopic (exact) mass is 210 g/mol. The standard InChI is InChI=1S/C9H14N4O2/c1-2-3-6(15)8-11-7(4-5-14)12-9(10)13-8/h14H,2-5H2,1H3,(H2,10,11,12,13). The molecule has 0 unspecified atom stereocenters. The Balaban J connectivity index is 2.92. The summed E-state index contributed by atoms with van der Waals surface area (Å²) in [5.74, 6) is 0.316. The fraction of sp³-hybridized carbons (Fsp3) is 0.556. The average molecular weight is 210 g/mol. The van der Waals surface area contributed by atoms with Crippen LogP contribution in [0.25, 0.3) is 0 Å². The highest BCUT2D eigenvalue weighted by Gasteiger charge is 2.11. The van der Waals surface area contributed by atoms with Gasteiger partial charge in [-0.05, 0) is 6.42 Å². The average Bonchev–Trinajstić information content (AvgIpc) is 2.17. The van der Waals surface area contributed by atoms with Crippen LogP contribution in [-0.4, -0.2) is 32.4 Å². The molecule has 3 N–H and O–H groups in total. The molecule has 1 aromatic heterocycles. The molecular formula is C9H14N4O2. The number of carbonyl (C=O) groups is 1. The number of anilines is 1. The van der Waals surface area contributed by atoms with Crippen molar-refractivity contribution in [3.05, 3.63) is 11.6 Å². The van der Waals surface area contributed by atoms with Gasteiger partial charge in [-0.1, -0.05) is 6.92 Å². The van der Waals surface area contributed by atoms with Crippen LogP contribution in [0.5, 0.6) is 0 Å². The Morgan fingerprint density at radius 1 is 1.40 bits per heavy atom. The first-order chi connectivity index (χ1) is 7.17. The highest BCUT2D eigenvalue weighted by atomic mass is 16.3. The molecule has 15 heavy (non-hydrogen) atoms.